The van der Waals surface area contributed by atoms with Crippen molar-refractivity contribution in [2.45, 2.75) is 44.9 Å². The van der Waals surface area contributed by atoms with E-state index in [1.165, 1.54) is 43.2 Å². The third-order valence-corrected chi connectivity index (χ3v) is 3.92. The van der Waals surface area contributed by atoms with Crippen LogP contribution < -0.4 is 0 Å². The first-order chi connectivity index (χ1) is 8.77. The van der Waals surface area contributed by atoms with Crippen LogP contribution in [0, 0.1) is 5.92 Å². The maximum atomic E-state index is 4.14. The Bertz CT molecular complexity index is 393. The summed E-state index contributed by atoms with van der Waals surface area (Å²) in [7, 11) is 0. The van der Waals surface area contributed by atoms with Gasteiger partial charge in [-0.25, -0.2) is 0 Å². The zero-order chi connectivity index (χ0) is 12.8. The second-order valence-electron chi connectivity index (χ2n) is 5.52. The molecule has 0 spiro atoms. The SMILES string of the molecule is C=C(C)[C@H](/C=C/C1CCCCC1)c1ccccc1. The predicted octanol–water partition coefficient (Wildman–Crippen LogP) is 5.48. The van der Waals surface area contributed by atoms with Gasteiger partial charge in [0.1, 0.15) is 0 Å². The Morgan fingerprint density at radius 2 is 1.83 bits per heavy atom. The molecular weight excluding hydrogens is 216 g/mol. The molecule has 1 aliphatic rings. The minimum absolute atomic E-state index is 0.383. The van der Waals surface area contributed by atoms with Crippen LogP contribution in [0.3, 0.4) is 0 Å². The first-order valence-corrected chi connectivity index (χ1v) is 7.16. The molecule has 0 radical (unpaired) electrons. The molecule has 1 fully saturated rings. The van der Waals surface area contributed by atoms with E-state index in [4.69, 9.17) is 0 Å². The van der Waals surface area contributed by atoms with Crippen molar-refractivity contribution in [3.63, 3.8) is 0 Å². The molecular formula is C18H24. The Hall–Kier alpha value is -1.30. The largest absolute Gasteiger partial charge is 0.0992 e. The fourth-order valence-corrected chi connectivity index (χ4v) is 2.82. The molecule has 18 heavy (non-hydrogen) atoms. The van der Waals surface area contributed by atoms with Crippen LogP contribution in [0.25, 0.3) is 0 Å². The lowest BCUT2D eigenvalue weighted by Crippen LogP contribution is -2.04. The quantitative estimate of drug-likeness (QED) is 0.611. The number of hydrogen-bond acceptors (Lipinski definition) is 0. The van der Waals surface area contributed by atoms with Crippen LogP contribution in [0.15, 0.2) is 54.6 Å². The summed E-state index contributed by atoms with van der Waals surface area (Å²) in [4.78, 5) is 0. The molecule has 0 saturated heterocycles. The molecule has 96 valence electrons. The van der Waals surface area contributed by atoms with Gasteiger partial charge in [-0.15, -0.1) is 0 Å². The molecule has 1 aromatic carbocycles. The third kappa shape index (κ3) is 3.60. The van der Waals surface area contributed by atoms with Crippen molar-refractivity contribution in [3.05, 3.63) is 60.2 Å². The van der Waals surface area contributed by atoms with Gasteiger partial charge in [0.15, 0.2) is 0 Å². The second kappa shape index (κ2) is 6.58. The van der Waals surface area contributed by atoms with Crippen molar-refractivity contribution in [2.24, 2.45) is 5.92 Å². The Balaban J connectivity index is 2.07. The van der Waals surface area contributed by atoms with E-state index in [2.05, 4.69) is 56.0 Å². The fraction of sp³-hybridized carbons (Fsp3) is 0.444. The smallest absolute Gasteiger partial charge is 0.0223 e. The van der Waals surface area contributed by atoms with Crippen molar-refractivity contribution in [1.82, 2.24) is 0 Å². The summed E-state index contributed by atoms with van der Waals surface area (Å²) in [6.45, 7) is 6.27. The van der Waals surface area contributed by atoms with E-state index >= 15 is 0 Å². The van der Waals surface area contributed by atoms with Crippen molar-refractivity contribution < 1.29 is 0 Å². The molecule has 0 heteroatoms. The van der Waals surface area contributed by atoms with Gasteiger partial charge < -0.3 is 0 Å². The van der Waals surface area contributed by atoms with Gasteiger partial charge in [-0.2, -0.15) is 0 Å². The Morgan fingerprint density at radius 1 is 1.17 bits per heavy atom. The molecule has 0 heterocycles. The molecule has 1 saturated carbocycles. The molecule has 1 aromatic rings. The van der Waals surface area contributed by atoms with Gasteiger partial charge in [-0.1, -0.05) is 73.9 Å². The van der Waals surface area contributed by atoms with Crippen LogP contribution in [0.2, 0.25) is 0 Å². The number of benzene rings is 1. The molecule has 0 nitrogen and oxygen atoms in total. The zero-order valence-electron chi connectivity index (χ0n) is 11.4. The Kier molecular flexibility index (Phi) is 4.81. The van der Waals surface area contributed by atoms with Gasteiger partial charge in [0.2, 0.25) is 0 Å². The molecule has 0 unspecified atom stereocenters. The highest BCUT2D eigenvalue weighted by Crippen LogP contribution is 2.28. The van der Waals surface area contributed by atoms with Crippen LogP contribution in [0.4, 0.5) is 0 Å². The number of allylic oxidation sites excluding steroid dienone is 3. The van der Waals surface area contributed by atoms with Crippen LogP contribution in [0.1, 0.15) is 50.5 Å². The van der Waals surface area contributed by atoms with E-state index in [1.807, 2.05) is 0 Å². The molecule has 0 amide bonds. The normalized spacial score (nSPS) is 18.9. The van der Waals surface area contributed by atoms with E-state index in [0.717, 1.165) is 5.92 Å². The first-order valence-electron chi connectivity index (χ1n) is 7.16. The van der Waals surface area contributed by atoms with Crippen LogP contribution >= 0.6 is 0 Å². The monoisotopic (exact) mass is 240 g/mol. The minimum atomic E-state index is 0.383. The summed E-state index contributed by atoms with van der Waals surface area (Å²) >= 11 is 0. The van der Waals surface area contributed by atoms with E-state index in [-0.39, 0.29) is 0 Å². The Morgan fingerprint density at radius 3 is 2.44 bits per heavy atom. The molecule has 0 aliphatic heterocycles. The standard InChI is InChI=1S/C18H24/c1-15(2)18(17-11-7-4-8-12-17)14-13-16-9-5-3-6-10-16/h4,7-8,11-14,16,18H,1,3,5-6,9-10H2,2H3/b14-13+/t18-/m0/s1. The highest BCUT2D eigenvalue weighted by molar-refractivity contribution is 5.31. The highest BCUT2D eigenvalue weighted by Gasteiger charge is 2.12. The number of hydrogen-bond donors (Lipinski definition) is 0. The summed E-state index contributed by atoms with van der Waals surface area (Å²) in [6.07, 6.45) is 11.8. The van der Waals surface area contributed by atoms with E-state index in [1.54, 1.807) is 0 Å². The van der Waals surface area contributed by atoms with Crippen molar-refractivity contribution in [1.29, 1.82) is 0 Å². The number of rotatable bonds is 4. The second-order valence-corrected chi connectivity index (χ2v) is 5.52. The van der Waals surface area contributed by atoms with Crippen molar-refractivity contribution in [3.8, 4) is 0 Å². The lowest BCUT2D eigenvalue weighted by Gasteiger charge is -2.19. The van der Waals surface area contributed by atoms with Gasteiger partial charge in [0.25, 0.3) is 0 Å². The first kappa shape index (κ1) is 13.1. The average molecular weight is 240 g/mol. The third-order valence-electron chi connectivity index (χ3n) is 3.92. The fourth-order valence-electron chi connectivity index (χ4n) is 2.82. The van der Waals surface area contributed by atoms with E-state index in [0.29, 0.717) is 5.92 Å². The molecule has 1 atom stereocenters. The maximum absolute atomic E-state index is 4.14. The van der Waals surface area contributed by atoms with Crippen molar-refractivity contribution >= 4 is 0 Å². The van der Waals surface area contributed by atoms with Crippen LogP contribution in [-0.2, 0) is 0 Å². The van der Waals surface area contributed by atoms with E-state index < -0.39 is 0 Å². The van der Waals surface area contributed by atoms with Crippen LogP contribution in [0.5, 0.6) is 0 Å². The van der Waals surface area contributed by atoms with Crippen LogP contribution in [-0.4, -0.2) is 0 Å². The summed E-state index contributed by atoms with van der Waals surface area (Å²) in [5, 5.41) is 0. The summed E-state index contributed by atoms with van der Waals surface area (Å²) < 4.78 is 0. The summed E-state index contributed by atoms with van der Waals surface area (Å²) in [5.74, 6) is 1.18. The molecule has 0 N–H and O–H groups in total. The summed E-state index contributed by atoms with van der Waals surface area (Å²) in [6, 6.07) is 10.7. The van der Waals surface area contributed by atoms with E-state index in [9.17, 15) is 0 Å². The lowest BCUT2D eigenvalue weighted by molar-refractivity contribution is 0.418. The van der Waals surface area contributed by atoms with Gasteiger partial charge >= 0.3 is 0 Å². The molecule has 0 aromatic heterocycles. The predicted molar refractivity (Wildman–Crippen MR) is 79.7 cm³/mol. The topological polar surface area (TPSA) is 0 Å². The summed E-state index contributed by atoms with van der Waals surface area (Å²) in [5.41, 5.74) is 2.59. The highest BCUT2D eigenvalue weighted by atomic mass is 14.2. The molecule has 0 bridgehead atoms. The average Bonchev–Trinajstić information content (AvgIpc) is 2.41. The van der Waals surface area contributed by atoms with Gasteiger partial charge in [0, 0.05) is 5.92 Å². The van der Waals surface area contributed by atoms with Gasteiger partial charge in [0.05, 0.1) is 0 Å². The van der Waals surface area contributed by atoms with Crippen molar-refractivity contribution in [2.75, 3.05) is 0 Å². The zero-order valence-corrected chi connectivity index (χ0v) is 11.4. The minimum Gasteiger partial charge on any atom is -0.0992 e. The van der Waals surface area contributed by atoms with Gasteiger partial charge in [-0.3, -0.25) is 0 Å². The molecule has 2 rings (SSSR count). The lowest BCUT2D eigenvalue weighted by atomic mass is 9.86. The maximum Gasteiger partial charge on any atom is 0.0223 e. The van der Waals surface area contributed by atoms with Gasteiger partial charge in [-0.05, 0) is 31.2 Å². The molecule has 1 aliphatic carbocycles. The Labute approximate surface area is 111 Å².